The van der Waals surface area contributed by atoms with E-state index in [0.717, 1.165) is 27.8 Å². The summed E-state index contributed by atoms with van der Waals surface area (Å²) in [5.74, 6) is 0.166. The van der Waals surface area contributed by atoms with Crippen LogP contribution in [0.1, 0.15) is 28.9 Å². The SMILES string of the molecule is O=C1CCC=c2cc3c(nc21)=c1ccccc1=C3. The number of hydrogen-bond donors (Lipinski definition) is 0. The number of aromatic nitrogens is 1. The summed E-state index contributed by atoms with van der Waals surface area (Å²) in [5.41, 5.74) is 1.77. The third-order valence-corrected chi connectivity index (χ3v) is 3.61. The van der Waals surface area contributed by atoms with Gasteiger partial charge in [-0.2, -0.15) is 0 Å². The van der Waals surface area contributed by atoms with Crippen molar-refractivity contribution in [2.24, 2.45) is 0 Å². The van der Waals surface area contributed by atoms with E-state index in [1.807, 2.05) is 12.1 Å². The predicted molar refractivity (Wildman–Crippen MR) is 69.2 cm³/mol. The second-order valence-corrected chi connectivity index (χ2v) is 4.76. The highest BCUT2D eigenvalue weighted by molar-refractivity contribution is 5.96. The maximum absolute atomic E-state index is 11.9. The zero-order chi connectivity index (χ0) is 12.1. The first kappa shape index (κ1) is 9.77. The van der Waals surface area contributed by atoms with E-state index in [9.17, 15) is 4.79 Å². The minimum atomic E-state index is 0.166. The van der Waals surface area contributed by atoms with Crippen LogP contribution in [0, 0.1) is 10.6 Å². The van der Waals surface area contributed by atoms with E-state index in [2.05, 4.69) is 35.3 Å². The van der Waals surface area contributed by atoms with Gasteiger partial charge in [0.1, 0.15) is 5.69 Å². The van der Waals surface area contributed by atoms with Gasteiger partial charge in [0.15, 0.2) is 5.78 Å². The fraction of sp³-hybridized carbons (Fsp3) is 0.125. The Morgan fingerprint density at radius 3 is 2.94 bits per heavy atom. The van der Waals surface area contributed by atoms with Crippen LogP contribution in [-0.2, 0) is 0 Å². The summed E-state index contributed by atoms with van der Waals surface area (Å²) in [6.07, 6.45) is 5.68. The average Bonchev–Trinajstić information content (AvgIpc) is 2.75. The van der Waals surface area contributed by atoms with Gasteiger partial charge >= 0.3 is 0 Å². The number of ketones is 1. The van der Waals surface area contributed by atoms with Crippen LogP contribution in [0.5, 0.6) is 0 Å². The molecule has 0 unspecified atom stereocenters. The van der Waals surface area contributed by atoms with Crippen LogP contribution in [0.4, 0.5) is 0 Å². The third kappa shape index (κ3) is 1.23. The first-order chi connectivity index (χ1) is 8.83. The van der Waals surface area contributed by atoms with Crippen LogP contribution in [0.15, 0.2) is 30.3 Å². The molecule has 0 N–H and O–H groups in total. The van der Waals surface area contributed by atoms with Crippen molar-refractivity contribution in [3.63, 3.8) is 0 Å². The van der Waals surface area contributed by atoms with E-state index < -0.39 is 0 Å². The van der Waals surface area contributed by atoms with E-state index in [1.54, 1.807) is 0 Å². The van der Waals surface area contributed by atoms with Crippen molar-refractivity contribution in [1.82, 2.24) is 4.98 Å². The Morgan fingerprint density at radius 1 is 1.11 bits per heavy atom. The van der Waals surface area contributed by atoms with Gasteiger partial charge in [-0.1, -0.05) is 30.3 Å². The minimum Gasteiger partial charge on any atom is -0.292 e. The van der Waals surface area contributed by atoms with Gasteiger partial charge in [0.25, 0.3) is 0 Å². The molecule has 0 atom stereocenters. The second kappa shape index (κ2) is 3.39. The lowest BCUT2D eigenvalue weighted by atomic mass is 10.0. The van der Waals surface area contributed by atoms with E-state index >= 15 is 0 Å². The zero-order valence-electron chi connectivity index (χ0n) is 9.81. The van der Waals surface area contributed by atoms with Crippen LogP contribution in [-0.4, -0.2) is 10.8 Å². The maximum atomic E-state index is 11.9. The molecule has 18 heavy (non-hydrogen) atoms. The van der Waals surface area contributed by atoms with Gasteiger partial charge < -0.3 is 0 Å². The first-order valence-corrected chi connectivity index (χ1v) is 6.18. The number of carbonyl (C=O) groups is 1. The Bertz CT molecular complexity index is 894. The number of rotatable bonds is 0. The largest absolute Gasteiger partial charge is 0.292 e. The molecule has 0 aliphatic heterocycles. The lowest BCUT2D eigenvalue weighted by Crippen LogP contribution is -2.22. The monoisotopic (exact) mass is 233 g/mol. The van der Waals surface area contributed by atoms with Gasteiger partial charge in [-0.3, -0.25) is 4.79 Å². The lowest BCUT2D eigenvalue weighted by molar-refractivity contribution is 0.0976. The third-order valence-electron chi connectivity index (χ3n) is 3.61. The smallest absolute Gasteiger partial charge is 0.182 e. The quantitative estimate of drug-likeness (QED) is 0.585. The van der Waals surface area contributed by atoms with Crippen molar-refractivity contribution >= 4 is 17.9 Å². The molecule has 1 aromatic carbocycles. The summed E-state index contributed by atoms with van der Waals surface area (Å²) in [5, 5.41) is 4.27. The fourth-order valence-electron chi connectivity index (χ4n) is 2.73. The van der Waals surface area contributed by atoms with E-state index in [4.69, 9.17) is 0 Å². The van der Waals surface area contributed by atoms with E-state index in [-0.39, 0.29) is 5.78 Å². The molecule has 0 amide bonds. The molecule has 0 saturated carbocycles. The number of hydrogen-bond acceptors (Lipinski definition) is 2. The number of fused-ring (bicyclic) bond motifs is 3. The van der Waals surface area contributed by atoms with Crippen molar-refractivity contribution in [3.05, 3.63) is 62.6 Å². The molecule has 0 saturated heterocycles. The Morgan fingerprint density at radius 2 is 2.00 bits per heavy atom. The molecule has 1 aromatic heterocycles. The zero-order valence-corrected chi connectivity index (χ0v) is 9.81. The molecule has 1 heterocycles. The molecule has 2 nitrogen and oxygen atoms in total. The standard InChI is InChI=1S/C16H11NO/c18-14-7-3-5-11-9-12-8-10-4-1-2-6-13(10)15(12)17-16(11)14/h1-2,4-6,8-9H,3,7H2. The van der Waals surface area contributed by atoms with Crippen molar-refractivity contribution in [3.8, 4) is 0 Å². The summed E-state index contributed by atoms with van der Waals surface area (Å²) in [4.78, 5) is 16.5. The van der Waals surface area contributed by atoms with E-state index in [0.29, 0.717) is 12.1 Å². The Kier molecular flexibility index (Phi) is 1.84. The van der Waals surface area contributed by atoms with Crippen LogP contribution in [0.3, 0.4) is 0 Å². The molecule has 4 rings (SSSR count). The molecule has 2 aromatic rings. The maximum Gasteiger partial charge on any atom is 0.182 e. The highest BCUT2D eigenvalue weighted by Crippen LogP contribution is 2.11. The first-order valence-electron chi connectivity index (χ1n) is 6.18. The molecule has 2 heteroatoms. The molecular weight excluding hydrogens is 222 g/mol. The van der Waals surface area contributed by atoms with Gasteiger partial charge in [0.2, 0.25) is 0 Å². The summed E-state index contributed by atoms with van der Waals surface area (Å²) < 4.78 is 0. The Labute approximate surface area is 104 Å². The lowest BCUT2D eigenvalue weighted by Gasteiger charge is -2.06. The molecule has 0 spiro atoms. The van der Waals surface area contributed by atoms with Gasteiger partial charge in [0.05, 0.1) is 5.35 Å². The van der Waals surface area contributed by atoms with Crippen LogP contribution >= 0.6 is 0 Å². The molecule has 2 aliphatic carbocycles. The predicted octanol–water partition coefficient (Wildman–Crippen LogP) is 1.27. The highest BCUT2D eigenvalue weighted by atomic mass is 16.1. The molecule has 0 radical (unpaired) electrons. The van der Waals surface area contributed by atoms with Gasteiger partial charge in [-0.25, -0.2) is 4.98 Å². The Hall–Kier alpha value is -2.22. The molecule has 2 aliphatic rings. The highest BCUT2D eigenvalue weighted by Gasteiger charge is 2.15. The normalized spacial score (nSPS) is 15.2. The van der Waals surface area contributed by atoms with Gasteiger partial charge in [0, 0.05) is 22.4 Å². The fourth-order valence-corrected chi connectivity index (χ4v) is 2.73. The van der Waals surface area contributed by atoms with Crippen molar-refractivity contribution < 1.29 is 4.79 Å². The van der Waals surface area contributed by atoms with Crippen LogP contribution in [0.2, 0.25) is 0 Å². The molecule has 0 bridgehead atoms. The topological polar surface area (TPSA) is 30.0 Å². The van der Waals surface area contributed by atoms with E-state index in [1.165, 1.54) is 5.22 Å². The molecule has 86 valence electrons. The number of nitrogens with zero attached hydrogens (tertiary/aromatic N) is 1. The summed E-state index contributed by atoms with van der Waals surface area (Å²) in [6, 6.07) is 10.3. The number of carbonyl (C=O) groups excluding carboxylic acids is 1. The Balaban J connectivity index is 2.23. The summed E-state index contributed by atoms with van der Waals surface area (Å²) in [7, 11) is 0. The molecule has 0 fully saturated rings. The van der Waals surface area contributed by atoms with Crippen LogP contribution < -0.4 is 10.4 Å². The molecular formula is C16H11NO. The summed E-state index contributed by atoms with van der Waals surface area (Å²) >= 11 is 0. The number of Topliss-reactive ketones (excluding diaryl/α,β-unsaturated/α-hetero) is 1. The van der Waals surface area contributed by atoms with Crippen molar-refractivity contribution in [1.29, 1.82) is 0 Å². The summed E-state index contributed by atoms with van der Waals surface area (Å²) in [6.45, 7) is 0. The second-order valence-electron chi connectivity index (χ2n) is 4.76. The van der Waals surface area contributed by atoms with Crippen molar-refractivity contribution in [2.75, 3.05) is 0 Å². The average molecular weight is 233 g/mol. The van der Waals surface area contributed by atoms with Gasteiger partial charge in [-0.05, 0) is 23.8 Å². The van der Waals surface area contributed by atoms with Gasteiger partial charge in [-0.15, -0.1) is 0 Å². The van der Waals surface area contributed by atoms with Crippen molar-refractivity contribution in [2.45, 2.75) is 12.8 Å². The number of benzene rings is 1. The minimum absolute atomic E-state index is 0.166. The number of pyridine rings is 1. The van der Waals surface area contributed by atoms with Crippen LogP contribution in [0.25, 0.3) is 12.2 Å².